The van der Waals surface area contributed by atoms with E-state index in [1.54, 1.807) is 0 Å². The fraction of sp³-hybridized carbons (Fsp3) is 0.533. The number of carbonyl (C=O) groups excluding carboxylic acids is 1. The molecule has 1 amide bonds. The summed E-state index contributed by atoms with van der Waals surface area (Å²) in [5, 5.41) is 0. The number of fused-ring (bicyclic) bond motifs is 1. The highest BCUT2D eigenvalue weighted by Crippen LogP contribution is 2.37. The predicted octanol–water partition coefficient (Wildman–Crippen LogP) is 2.38. The van der Waals surface area contributed by atoms with E-state index in [9.17, 15) is 4.79 Å². The first-order valence-electron chi connectivity index (χ1n) is 7.18. The molecule has 1 saturated heterocycles. The van der Waals surface area contributed by atoms with Gasteiger partial charge in [0.15, 0.2) is 0 Å². The maximum absolute atomic E-state index is 12.8. The molecule has 1 aliphatic carbocycles. The Bertz CT molecular complexity index is 474. The molecule has 4 heteroatoms. The number of hydrazine groups is 1. The van der Waals surface area contributed by atoms with Gasteiger partial charge in [0.05, 0.1) is 11.3 Å². The van der Waals surface area contributed by atoms with Crippen LogP contribution in [0.25, 0.3) is 0 Å². The summed E-state index contributed by atoms with van der Waals surface area (Å²) < 4.78 is 0. The minimum atomic E-state index is 0.130. The normalized spacial score (nSPS) is 26.1. The molecule has 2 aliphatic rings. The van der Waals surface area contributed by atoms with E-state index >= 15 is 0 Å². The fourth-order valence-electron chi connectivity index (χ4n) is 3.66. The largest absolute Gasteiger partial charge is 0.335 e. The Balaban J connectivity index is 1.86. The predicted molar refractivity (Wildman–Crippen MR) is 75.7 cm³/mol. The van der Waals surface area contributed by atoms with Crippen molar-refractivity contribution in [3.05, 3.63) is 29.8 Å². The lowest BCUT2D eigenvalue weighted by Crippen LogP contribution is -2.46. The highest BCUT2D eigenvalue weighted by Gasteiger charge is 2.37. The summed E-state index contributed by atoms with van der Waals surface area (Å²) in [5.74, 6) is 6.35. The van der Waals surface area contributed by atoms with Gasteiger partial charge in [-0.15, -0.1) is 0 Å². The number of nitrogen functional groups attached to an aromatic ring is 1. The van der Waals surface area contributed by atoms with Gasteiger partial charge in [-0.3, -0.25) is 10.6 Å². The van der Waals surface area contributed by atoms with Gasteiger partial charge < -0.3 is 10.3 Å². The molecule has 0 spiro atoms. The van der Waals surface area contributed by atoms with Gasteiger partial charge in [0.2, 0.25) is 0 Å². The molecule has 4 nitrogen and oxygen atoms in total. The highest BCUT2D eigenvalue weighted by atomic mass is 16.2. The molecule has 2 unspecified atom stereocenters. The third-order valence-corrected chi connectivity index (χ3v) is 4.57. The standard InChI is InChI=1S/C15H21N3O/c16-17-13-8-2-1-7-12(13)15(19)18-10-4-6-11-5-3-9-14(11)18/h1-2,7-8,11,14,17H,3-6,9-10,16H2. The molecular weight excluding hydrogens is 238 g/mol. The molecule has 2 atom stereocenters. The number of nitrogens with two attached hydrogens (primary N) is 1. The molecule has 1 aliphatic heterocycles. The van der Waals surface area contributed by atoms with Crippen LogP contribution < -0.4 is 11.3 Å². The van der Waals surface area contributed by atoms with Crippen LogP contribution in [0.15, 0.2) is 24.3 Å². The van der Waals surface area contributed by atoms with Gasteiger partial charge in [0.25, 0.3) is 5.91 Å². The summed E-state index contributed by atoms with van der Waals surface area (Å²) in [6.45, 7) is 0.888. The Morgan fingerprint density at radius 3 is 2.84 bits per heavy atom. The number of carbonyl (C=O) groups is 1. The Kier molecular flexibility index (Phi) is 3.42. The van der Waals surface area contributed by atoms with Crippen LogP contribution in [-0.4, -0.2) is 23.4 Å². The first-order valence-corrected chi connectivity index (χ1v) is 7.18. The fourth-order valence-corrected chi connectivity index (χ4v) is 3.66. The van der Waals surface area contributed by atoms with Crippen LogP contribution in [0.2, 0.25) is 0 Å². The van der Waals surface area contributed by atoms with Crippen molar-refractivity contribution in [2.75, 3.05) is 12.0 Å². The zero-order chi connectivity index (χ0) is 13.2. The van der Waals surface area contributed by atoms with Crippen molar-refractivity contribution in [3.8, 4) is 0 Å². The van der Waals surface area contributed by atoms with Crippen LogP contribution >= 0.6 is 0 Å². The minimum Gasteiger partial charge on any atom is -0.335 e. The summed E-state index contributed by atoms with van der Waals surface area (Å²) in [6.07, 6.45) is 6.12. The third kappa shape index (κ3) is 2.21. The summed E-state index contributed by atoms with van der Waals surface area (Å²) in [5.41, 5.74) is 4.04. The number of hydrogen-bond acceptors (Lipinski definition) is 3. The lowest BCUT2D eigenvalue weighted by atomic mass is 9.91. The Hall–Kier alpha value is -1.55. The number of nitrogens with one attached hydrogen (secondary N) is 1. The number of para-hydroxylation sites is 1. The van der Waals surface area contributed by atoms with Crippen molar-refractivity contribution in [3.63, 3.8) is 0 Å². The average molecular weight is 259 g/mol. The lowest BCUT2D eigenvalue weighted by molar-refractivity contribution is 0.0549. The first-order chi connectivity index (χ1) is 9.31. The van der Waals surface area contributed by atoms with E-state index in [2.05, 4.69) is 10.3 Å². The van der Waals surface area contributed by atoms with Crippen molar-refractivity contribution in [2.45, 2.75) is 38.1 Å². The van der Waals surface area contributed by atoms with Gasteiger partial charge in [-0.1, -0.05) is 18.6 Å². The van der Waals surface area contributed by atoms with Crippen molar-refractivity contribution < 1.29 is 4.79 Å². The van der Waals surface area contributed by atoms with Crippen LogP contribution in [0.1, 0.15) is 42.5 Å². The minimum absolute atomic E-state index is 0.130. The molecule has 1 heterocycles. The summed E-state index contributed by atoms with van der Waals surface area (Å²) in [6, 6.07) is 7.94. The second kappa shape index (κ2) is 5.21. The molecular formula is C15H21N3O. The smallest absolute Gasteiger partial charge is 0.256 e. The van der Waals surface area contributed by atoms with Gasteiger partial charge in [-0.25, -0.2) is 0 Å². The molecule has 0 aromatic heterocycles. The first kappa shape index (κ1) is 12.5. The SMILES string of the molecule is NNc1ccccc1C(=O)N1CCCC2CCCC21. The van der Waals surface area contributed by atoms with E-state index in [1.165, 1.54) is 19.3 Å². The van der Waals surface area contributed by atoms with E-state index in [-0.39, 0.29) is 5.91 Å². The molecule has 3 rings (SSSR count). The van der Waals surface area contributed by atoms with Crippen LogP contribution in [0, 0.1) is 5.92 Å². The number of benzene rings is 1. The quantitative estimate of drug-likeness (QED) is 0.633. The van der Waals surface area contributed by atoms with E-state index < -0.39 is 0 Å². The Morgan fingerprint density at radius 2 is 2.00 bits per heavy atom. The maximum atomic E-state index is 12.8. The monoisotopic (exact) mass is 259 g/mol. The highest BCUT2D eigenvalue weighted by molar-refractivity contribution is 5.99. The summed E-state index contributed by atoms with van der Waals surface area (Å²) in [4.78, 5) is 14.8. The number of nitrogens with zero attached hydrogens (tertiary/aromatic N) is 1. The Morgan fingerprint density at radius 1 is 1.21 bits per heavy atom. The van der Waals surface area contributed by atoms with Gasteiger partial charge in [0.1, 0.15) is 0 Å². The number of amides is 1. The number of likely N-dealkylation sites (tertiary alicyclic amines) is 1. The van der Waals surface area contributed by atoms with Crippen molar-refractivity contribution in [1.29, 1.82) is 0 Å². The van der Waals surface area contributed by atoms with E-state index in [4.69, 9.17) is 5.84 Å². The zero-order valence-electron chi connectivity index (χ0n) is 11.1. The molecule has 2 fully saturated rings. The molecule has 1 aromatic carbocycles. The topological polar surface area (TPSA) is 58.4 Å². The molecule has 0 radical (unpaired) electrons. The molecule has 0 bridgehead atoms. The van der Waals surface area contributed by atoms with E-state index in [0.29, 0.717) is 17.3 Å². The molecule has 102 valence electrons. The second-order valence-corrected chi connectivity index (χ2v) is 5.59. The number of piperidine rings is 1. The lowest BCUT2D eigenvalue weighted by Gasteiger charge is -2.38. The van der Waals surface area contributed by atoms with Gasteiger partial charge in [-0.05, 0) is 43.7 Å². The molecule has 19 heavy (non-hydrogen) atoms. The van der Waals surface area contributed by atoms with Crippen molar-refractivity contribution in [1.82, 2.24) is 4.90 Å². The van der Waals surface area contributed by atoms with E-state index in [1.807, 2.05) is 24.3 Å². The van der Waals surface area contributed by atoms with E-state index in [0.717, 1.165) is 25.3 Å². The van der Waals surface area contributed by atoms with Gasteiger partial charge >= 0.3 is 0 Å². The summed E-state index contributed by atoms with van der Waals surface area (Å²) in [7, 11) is 0. The number of anilines is 1. The average Bonchev–Trinajstić information content (AvgIpc) is 2.94. The van der Waals surface area contributed by atoms with Crippen LogP contribution in [0.5, 0.6) is 0 Å². The van der Waals surface area contributed by atoms with Crippen molar-refractivity contribution >= 4 is 11.6 Å². The third-order valence-electron chi connectivity index (χ3n) is 4.57. The van der Waals surface area contributed by atoms with Crippen LogP contribution in [-0.2, 0) is 0 Å². The Labute approximate surface area is 113 Å². The zero-order valence-corrected chi connectivity index (χ0v) is 11.1. The summed E-state index contributed by atoms with van der Waals surface area (Å²) >= 11 is 0. The van der Waals surface area contributed by atoms with Gasteiger partial charge in [0, 0.05) is 12.6 Å². The van der Waals surface area contributed by atoms with Crippen LogP contribution in [0.3, 0.4) is 0 Å². The van der Waals surface area contributed by atoms with Gasteiger partial charge in [-0.2, -0.15) is 0 Å². The molecule has 1 saturated carbocycles. The second-order valence-electron chi connectivity index (χ2n) is 5.59. The van der Waals surface area contributed by atoms with Crippen molar-refractivity contribution in [2.24, 2.45) is 11.8 Å². The van der Waals surface area contributed by atoms with Crippen LogP contribution in [0.4, 0.5) is 5.69 Å². The molecule has 3 N–H and O–H groups in total. The molecule has 1 aromatic rings. The maximum Gasteiger partial charge on any atom is 0.256 e. The number of hydrogen-bond donors (Lipinski definition) is 2. The number of rotatable bonds is 2.